The molecular weight excluding hydrogens is 300 g/mol. The maximum atomic E-state index is 5.94. The Labute approximate surface area is 114 Å². The van der Waals surface area contributed by atoms with Crippen LogP contribution in [-0.2, 0) is 13.1 Å². The van der Waals surface area contributed by atoms with Gasteiger partial charge in [0, 0.05) is 30.0 Å². The fourth-order valence-corrected chi connectivity index (χ4v) is 2.05. The number of hydrogen-bond donors (Lipinski definition) is 1. The van der Waals surface area contributed by atoms with E-state index in [4.69, 9.17) is 11.6 Å². The number of halogens is 2. The van der Waals surface area contributed by atoms with Crippen LogP contribution in [0.2, 0.25) is 5.02 Å². The normalized spacial score (nSPS) is 10.5. The SMILES string of the molecule is Clc1ccc(CNCc2cccnc2)cc1Br. The zero-order chi connectivity index (χ0) is 12.1. The van der Waals surface area contributed by atoms with Crippen LogP contribution in [-0.4, -0.2) is 4.98 Å². The average molecular weight is 312 g/mol. The summed E-state index contributed by atoms with van der Waals surface area (Å²) in [5.74, 6) is 0. The lowest BCUT2D eigenvalue weighted by molar-refractivity contribution is 0.691. The molecule has 0 radical (unpaired) electrons. The van der Waals surface area contributed by atoms with Crippen molar-refractivity contribution < 1.29 is 0 Å². The third kappa shape index (κ3) is 3.80. The molecule has 0 saturated carbocycles. The van der Waals surface area contributed by atoms with Crippen molar-refractivity contribution >= 4 is 27.5 Å². The topological polar surface area (TPSA) is 24.9 Å². The van der Waals surface area contributed by atoms with Crippen LogP contribution in [0.15, 0.2) is 47.2 Å². The Morgan fingerprint density at radius 2 is 2.00 bits per heavy atom. The molecule has 0 fully saturated rings. The van der Waals surface area contributed by atoms with Gasteiger partial charge in [-0.3, -0.25) is 4.98 Å². The molecule has 0 atom stereocenters. The van der Waals surface area contributed by atoms with Gasteiger partial charge in [0.2, 0.25) is 0 Å². The minimum atomic E-state index is 0.737. The minimum Gasteiger partial charge on any atom is -0.309 e. The molecule has 17 heavy (non-hydrogen) atoms. The van der Waals surface area contributed by atoms with Gasteiger partial charge in [-0.25, -0.2) is 0 Å². The van der Waals surface area contributed by atoms with E-state index in [1.165, 1.54) is 11.1 Å². The Bertz CT molecular complexity index is 488. The van der Waals surface area contributed by atoms with Gasteiger partial charge < -0.3 is 5.32 Å². The van der Waals surface area contributed by atoms with Crippen LogP contribution in [0.1, 0.15) is 11.1 Å². The van der Waals surface area contributed by atoms with Crippen molar-refractivity contribution in [1.29, 1.82) is 0 Å². The molecule has 0 aliphatic carbocycles. The highest BCUT2D eigenvalue weighted by Gasteiger charge is 1.99. The number of nitrogens with zero attached hydrogens (tertiary/aromatic N) is 1. The zero-order valence-electron chi connectivity index (χ0n) is 9.16. The van der Waals surface area contributed by atoms with Crippen LogP contribution in [0.25, 0.3) is 0 Å². The molecule has 0 saturated heterocycles. The number of benzene rings is 1. The summed E-state index contributed by atoms with van der Waals surface area (Å²) in [5.41, 5.74) is 2.38. The third-order valence-corrected chi connectivity index (χ3v) is 3.58. The van der Waals surface area contributed by atoms with Crippen LogP contribution in [0.5, 0.6) is 0 Å². The Hall–Kier alpha value is -0.900. The summed E-state index contributed by atoms with van der Waals surface area (Å²) in [6.07, 6.45) is 3.64. The molecule has 1 heterocycles. The maximum Gasteiger partial charge on any atom is 0.0548 e. The standard InChI is InChI=1S/C13H12BrClN2/c14-12-6-10(3-4-13(12)15)7-17-9-11-2-1-5-16-8-11/h1-6,8,17H,7,9H2. The predicted molar refractivity (Wildman–Crippen MR) is 73.9 cm³/mol. The largest absolute Gasteiger partial charge is 0.309 e. The molecule has 0 spiro atoms. The van der Waals surface area contributed by atoms with Gasteiger partial charge in [0.05, 0.1) is 5.02 Å². The molecule has 2 rings (SSSR count). The second-order valence-corrected chi connectivity index (χ2v) is 4.97. The fraction of sp³-hybridized carbons (Fsp3) is 0.154. The molecule has 1 aromatic carbocycles. The lowest BCUT2D eigenvalue weighted by Crippen LogP contribution is -2.12. The summed E-state index contributed by atoms with van der Waals surface area (Å²) < 4.78 is 0.930. The van der Waals surface area contributed by atoms with Crippen LogP contribution in [0, 0.1) is 0 Å². The molecule has 0 amide bonds. The minimum absolute atomic E-state index is 0.737. The highest BCUT2D eigenvalue weighted by molar-refractivity contribution is 9.10. The van der Waals surface area contributed by atoms with Gasteiger partial charge in [-0.2, -0.15) is 0 Å². The summed E-state index contributed by atoms with van der Waals surface area (Å²) >= 11 is 9.35. The van der Waals surface area contributed by atoms with E-state index >= 15 is 0 Å². The lowest BCUT2D eigenvalue weighted by Gasteiger charge is -2.06. The summed E-state index contributed by atoms with van der Waals surface area (Å²) in [4.78, 5) is 4.07. The van der Waals surface area contributed by atoms with E-state index in [0.717, 1.165) is 22.6 Å². The fourth-order valence-electron chi connectivity index (χ4n) is 1.50. The molecule has 88 valence electrons. The van der Waals surface area contributed by atoms with Crippen molar-refractivity contribution in [3.63, 3.8) is 0 Å². The molecule has 4 heteroatoms. The van der Waals surface area contributed by atoms with Gasteiger partial charge in [-0.1, -0.05) is 23.7 Å². The molecule has 0 aliphatic rings. The summed E-state index contributed by atoms with van der Waals surface area (Å²) in [6, 6.07) is 9.93. The molecule has 2 aromatic rings. The highest BCUT2D eigenvalue weighted by Crippen LogP contribution is 2.23. The second-order valence-electron chi connectivity index (χ2n) is 3.71. The van der Waals surface area contributed by atoms with Crippen molar-refractivity contribution in [3.8, 4) is 0 Å². The highest BCUT2D eigenvalue weighted by atomic mass is 79.9. The third-order valence-electron chi connectivity index (χ3n) is 2.37. The number of nitrogens with one attached hydrogen (secondary N) is 1. The first-order chi connectivity index (χ1) is 8.25. The van der Waals surface area contributed by atoms with E-state index in [9.17, 15) is 0 Å². The van der Waals surface area contributed by atoms with Gasteiger partial charge in [0.25, 0.3) is 0 Å². The van der Waals surface area contributed by atoms with E-state index in [2.05, 4.69) is 32.3 Å². The van der Waals surface area contributed by atoms with Crippen molar-refractivity contribution in [2.75, 3.05) is 0 Å². The first kappa shape index (κ1) is 12.6. The molecular formula is C13H12BrClN2. The first-order valence-electron chi connectivity index (χ1n) is 5.29. The average Bonchev–Trinajstić information content (AvgIpc) is 2.35. The summed E-state index contributed by atoms with van der Waals surface area (Å²) in [7, 11) is 0. The van der Waals surface area contributed by atoms with Gasteiger partial charge in [0.1, 0.15) is 0 Å². The van der Waals surface area contributed by atoms with Crippen molar-refractivity contribution in [3.05, 3.63) is 63.3 Å². The smallest absolute Gasteiger partial charge is 0.0548 e. The monoisotopic (exact) mass is 310 g/mol. The first-order valence-corrected chi connectivity index (χ1v) is 6.46. The van der Waals surface area contributed by atoms with E-state index in [-0.39, 0.29) is 0 Å². The predicted octanol–water partition coefficient (Wildman–Crippen LogP) is 3.79. The molecule has 0 unspecified atom stereocenters. The van der Waals surface area contributed by atoms with Crippen LogP contribution >= 0.6 is 27.5 Å². The van der Waals surface area contributed by atoms with Gasteiger partial charge in [0.15, 0.2) is 0 Å². The summed E-state index contributed by atoms with van der Waals surface area (Å²) in [5, 5.41) is 4.10. The van der Waals surface area contributed by atoms with Crippen LogP contribution in [0.4, 0.5) is 0 Å². The van der Waals surface area contributed by atoms with Crippen LogP contribution in [0.3, 0.4) is 0 Å². The van der Waals surface area contributed by atoms with Crippen molar-refractivity contribution in [1.82, 2.24) is 10.3 Å². The number of rotatable bonds is 4. The molecule has 1 N–H and O–H groups in total. The molecule has 0 aliphatic heterocycles. The lowest BCUT2D eigenvalue weighted by atomic mass is 10.2. The Morgan fingerprint density at radius 1 is 1.18 bits per heavy atom. The number of hydrogen-bond acceptors (Lipinski definition) is 2. The van der Waals surface area contributed by atoms with Gasteiger partial charge in [-0.05, 0) is 45.3 Å². The second kappa shape index (κ2) is 6.15. The Balaban J connectivity index is 1.88. The number of pyridine rings is 1. The quantitative estimate of drug-likeness (QED) is 0.929. The summed E-state index contributed by atoms with van der Waals surface area (Å²) in [6.45, 7) is 1.62. The molecule has 1 aromatic heterocycles. The maximum absolute atomic E-state index is 5.94. The zero-order valence-corrected chi connectivity index (χ0v) is 11.5. The number of aromatic nitrogens is 1. The molecule has 2 nitrogen and oxygen atoms in total. The Morgan fingerprint density at radius 3 is 2.71 bits per heavy atom. The molecule has 0 bridgehead atoms. The van der Waals surface area contributed by atoms with E-state index in [0.29, 0.717) is 0 Å². The van der Waals surface area contributed by atoms with Crippen molar-refractivity contribution in [2.24, 2.45) is 0 Å². The van der Waals surface area contributed by atoms with Crippen molar-refractivity contribution in [2.45, 2.75) is 13.1 Å². The van der Waals surface area contributed by atoms with Crippen LogP contribution < -0.4 is 5.32 Å². The van der Waals surface area contributed by atoms with Gasteiger partial charge in [-0.15, -0.1) is 0 Å². The van der Waals surface area contributed by atoms with E-state index in [1.54, 1.807) is 6.20 Å². The van der Waals surface area contributed by atoms with Gasteiger partial charge >= 0.3 is 0 Å². The Kier molecular flexibility index (Phi) is 4.54. The van der Waals surface area contributed by atoms with E-state index in [1.807, 2.05) is 30.5 Å². The van der Waals surface area contributed by atoms with E-state index < -0.39 is 0 Å².